The van der Waals surface area contributed by atoms with E-state index in [1.165, 1.54) is 51.6 Å². The smallest absolute Gasteiger partial charge is 0.407 e. The maximum Gasteiger partial charge on any atom is 0.407 e. The number of amides is 1. The average molecular weight is 284 g/mol. The van der Waals surface area contributed by atoms with Crippen LogP contribution in [-0.4, -0.2) is 43.3 Å². The SMILES string of the molecule is CCCCN(CCCC)[C@@H]1CCC[C@@H](OC(=O)NC)C1. The van der Waals surface area contributed by atoms with Crippen molar-refractivity contribution in [1.29, 1.82) is 0 Å². The van der Waals surface area contributed by atoms with E-state index >= 15 is 0 Å². The molecule has 1 N–H and O–H groups in total. The number of carbonyl (C=O) groups excluding carboxylic acids is 1. The molecule has 0 aromatic heterocycles. The molecule has 4 heteroatoms. The molecule has 0 aromatic rings. The molecule has 1 rings (SSSR count). The molecule has 4 nitrogen and oxygen atoms in total. The zero-order chi connectivity index (χ0) is 14.8. The number of nitrogens with one attached hydrogen (secondary N) is 1. The minimum atomic E-state index is -0.288. The Hall–Kier alpha value is -0.770. The molecular weight excluding hydrogens is 252 g/mol. The van der Waals surface area contributed by atoms with Crippen LogP contribution in [0.2, 0.25) is 0 Å². The van der Waals surface area contributed by atoms with Crippen LogP contribution < -0.4 is 5.32 Å². The van der Waals surface area contributed by atoms with Gasteiger partial charge in [-0.1, -0.05) is 26.7 Å². The summed E-state index contributed by atoms with van der Waals surface area (Å²) in [6.45, 7) is 6.87. The third-order valence-electron chi connectivity index (χ3n) is 4.19. The van der Waals surface area contributed by atoms with Crippen molar-refractivity contribution in [3.05, 3.63) is 0 Å². The van der Waals surface area contributed by atoms with Gasteiger partial charge in [-0.3, -0.25) is 0 Å². The zero-order valence-corrected chi connectivity index (χ0v) is 13.5. The number of carbonyl (C=O) groups is 1. The van der Waals surface area contributed by atoms with Gasteiger partial charge in [0.05, 0.1) is 0 Å². The van der Waals surface area contributed by atoms with Crippen LogP contribution in [0.1, 0.15) is 65.2 Å². The number of alkyl carbamates (subject to hydrolysis) is 1. The Morgan fingerprint density at radius 3 is 2.40 bits per heavy atom. The predicted molar refractivity (Wildman–Crippen MR) is 83.0 cm³/mol. The Morgan fingerprint density at radius 1 is 1.20 bits per heavy atom. The fraction of sp³-hybridized carbons (Fsp3) is 0.938. The zero-order valence-electron chi connectivity index (χ0n) is 13.5. The maximum absolute atomic E-state index is 11.4. The van der Waals surface area contributed by atoms with Crippen molar-refractivity contribution >= 4 is 6.09 Å². The summed E-state index contributed by atoms with van der Waals surface area (Å²) >= 11 is 0. The van der Waals surface area contributed by atoms with Gasteiger partial charge < -0.3 is 15.0 Å². The summed E-state index contributed by atoms with van der Waals surface area (Å²) in [5.41, 5.74) is 0. The molecule has 0 saturated heterocycles. The van der Waals surface area contributed by atoms with Crippen LogP contribution in [-0.2, 0) is 4.74 Å². The van der Waals surface area contributed by atoms with E-state index in [0.29, 0.717) is 6.04 Å². The number of hydrogen-bond acceptors (Lipinski definition) is 3. The van der Waals surface area contributed by atoms with Crippen LogP contribution in [0.4, 0.5) is 4.79 Å². The van der Waals surface area contributed by atoms with Crippen LogP contribution in [0.5, 0.6) is 0 Å². The molecule has 0 unspecified atom stereocenters. The predicted octanol–water partition coefficient (Wildman–Crippen LogP) is 3.56. The summed E-state index contributed by atoms with van der Waals surface area (Å²) in [5.74, 6) is 0. The summed E-state index contributed by atoms with van der Waals surface area (Å²) in [7, 11) is 1.62. The first-order valence-corrected chi connectivity index (χ1v) is 8.33. The first-order chi connectivity index (χ1) is 9.71. The largest absolute Gasteiger partial charge is 0.446 e. The molecule has 0 radical (unpaired) electrons. The van der Waals surface area contributed by atoms with E-state index in [0.717, 1.165) is 12.8 Å². The topological polar surface area (TPSA) is 41.6 Å². The van der Waals surface area contributed by atoms with E-state index < -0.39 is 0 Å². The number of hydrogen-bond donors (Lipinski definition) is 1. The fourth-order valence-corrected chi connectivity index (χ4v) is 2.97. The Balaban J connectivity index is 2.48. The maximum atomic E-state index is 11.4. The lowest BCUT2D eigenvalue weighted by molar-refractivity contribution is 0.0385. The molecule has 2 atom stereocenters. The van der Waals surface area contributed by atoms with Gasteiger partial charge in [0.25, 0.3) is 0 Å². The van der Waals surface area contributed by atoms with Gasteiger partial charge >= 0.3 is 6.09 Å². The Morgan fingerprint density at radius 2 is 1.85 bits per heavy atom. The van der Waals surface area contributed by atoms with Crippen molar-refractivity contribution in [2.75, 3.05) is 20.1 Å². The number of unbranched alkanes of at least 4 members (excludes halogenated alkanes) is 2. The standard InChI is InChI=1S/C16H32N2O2/c1-4-6-11-18(12-7-5-2)14-9-8-10-15(13-14)20-16(19)17-3/h14-15H,4-13H2,1-3H3,(H,17,19)/t14-,15-/m1/s1. The summed E-state index contributed by atoms with van der Waals surface area (Å²) in [4.78, 5) is 14.0. The lowest BCUT2D eigenvalue weighted by Crippen LogP contribution is -2.42. The van der Waals surface area contributed by atoms with E-state index in [2.05, 4.69) is 24.1 Å². The Bertz CT molecular complexity index is 263. The minimum Gasteiger partial charge on any atom is -0.446 e. The second kappa shape index (κ2) is 10.0. The van der Waals surface area contributed by atoms with Gasteiger partial charge in [0.2, 0.25) is 0 Å². The third-order valence-corrected chi connectivity index (χ3v) is 4.19. The molecule has 0 aliphatic heterocycles. The van der Waals surface area contributed by atoms with Crippen molar-refractivity contribution in [1.82, 2.24) is 10.2 Å². The molecular formula is C16H32N2O2. The summed E-state index contributed by atoms with van der Waals surface area (Å²) in [6, 6.07) is 0.594. The van der Waals surface area contributed by atoms with Gasteiger partial charge in [-0.15, -0.1) is 0 Å². The summed E-state index contributed by atoms with van der Waals surface area (Å²) in [6.07, 6.45) is 9.26. The highest BCUT2D eigenvalue weighted by Gasteiger charge is 2.28. The Kier molecular flexibility index (Phi) is 8.67. The molecule has 1 saturated carbocycles. The second-order valence-electron chi connectivity index (χ2n) is 5.84. The quantitative estimate of drug-likeness (QED) is 0.741. The minimum absolute atomic E-state index is 0.0967. The van der Waals surface area contributed by atoms with Gasteiger partial charge in [0.1, 0.15) is 6.10 Å². The van der Waals surface area contributed by atoms with Gasteiger partial charge in [0, 0.05) is 19.5 Å². The molecule has 0 aromatic carbocycles. The molecule has 1 aliphatic carbocycles. The molecule has 0 bridgehead atoms. The molecule has 1 amide bonds. The second-order valence-corrected chi connectivity index (χ2v) is 5.84. The van der Waals surface area contributed by atoms with Crippen LogP contribution in [0, 0.1) is 0 Å². The summed E-state index contributed by atoms with van der Waals surface area (Å²) in [5, 5.41) is 2.55. The van der Waals surface area contributed by atoms with Crippen molar-refractivity contribution in [2.24, 2.45) is 0 Å². The van der Waals surface area contributed by atoms with Gasteiger partial charge in [-0.25, -0.2) is 4.79 Å². The van der Waals surface area contributed by atoms with Crippen LogP contribution in [0.25, 0.3) is 0 Å². The highest BCUT2D eigenvalue weighted by atomic mass is 16.6. The summed E-state index contributed by atoms with van der Waals surface area (Å²) < 4.78 is 5.45. The molecule has 118 valence electrons. The van der Waals surface area contributed by atoms with Crippen molar-refractivity contribution < 1.29 is 9.53 Å². The van der Waals surface area contributed by atoms with E-state index in [4.69, 9.17) is 4.74 Å². The van der Waals surface area contributed by atoms with Crippen LogP contribution in [0.3, 0.4) is 0 Å². The molecule has 0 heterocycles. The number of rotatable bonds is 8. The van der Waals surface area contributed by atoms with E-state index in [1.807, 2.05) is 0 Å². The Labute approximate surface area is 124 Å². The first-order valence-electron chi connectivity index (χ1n) is 8.33. The third kappa shape index (κ3) is 6.12. The molecule has 1 fully saturated rings. The lowest BCUT2D eigenvalue weighted by Gasteiger charge is -2.37. The van der Waals surface area contributed by atoms with Gasteiger partial charge in [-0.05, 0) is 45.2 Å². The van der Waals surface area contributed by atoms with Crippen LogP contribution >= 0.6 is 0 Å². The van der Waals surface area contributed by atoms with Gasteiger partial charge in [-0.2, -0.15) is 0 Å². The number of ether oxygens (including phenoxy) is 1. The monoisotopic (exact) mass is 284 g/mol. The lowest BCUT2D eigenvalue weighted by atomic mass is 9.91. The van der Waals surface area contributed by atoms with Crippen molar-refractivity contribution in [3.63, 3.8) is 0 Å². The van der Waals surface area contributed by atoms with E-state index in [-0.39, 0.29) is 12.2 Å². The van der Waals surface area contributed by atoms with E-state index in [1.54, 1.807) is 7.05 Å². The fourth-order valence-electron chi connectivity index (χ4n) is 2.97. The van der Waals surface area contributed by atoms with E-state index in [9.17, 15) is 4.79 Å². The highest BCUT2D eigenvalue weighted by Crippen LogP contribution is 2.26. The number of nitrogens with zero attached hydrogens (tertiary/aromatic N) is 1. The average Bonchev–Trinajstić information content (AvgIpc) is 2.47. The van der Waals surface area contributed by atoms with Crippen molar-refractivity contribution in [2.45, 2.75) is 77.4 Å². The van der Waals surface area contributed by atoms with Crippen molar-refractivity contribution in [3.8, 4) is 0 Å². The van der Waals surface area contributed by atoms with Gasteiger partial charge in [0.15, 0.2) is 0 Å². The highest BCUT2D eigenvalue weighted by molar-refractivity contribution is 5.66. The first kappa shape index (κ1) is 17.3. The molecule has 0 spiro atoms. The molecule has 1 aliphatic rings. The normalized spacial score (nSPS) is 22.8. The molecule has 20 heavy (non-hydrogen) atoms. The van der Waals surface area contributed by atoms with Crippen LogP contribution in [0.15, 0.2) is 0 Å².